The van der Waals surface area contributed by atoms with Crippen molar-refractivity contribution in [1.82, 2.24) is 9.88 Å². The Morgan fingerprint density at radius 2 is 2.45 bits per heavy atom. The number of carbonyl (C=O) groups excluding carboxylic acids is 1. The summed E-state index contributed by atoms with van der Waals surface area (Å²) in [6, 6.07) is 5.72. The summed E-state index contributed by atoms with van der Waals surface area (Å²) in [6.45, 7) is 4.23. The molecule has 2 aromatic rings. The smallest absolute Gasteiger partial charge is 0.253 e. The molecule has 1 aliphatic heterocycles. The summed E-state index contributed by atoms with van der Waals surface area (Å²) >= 11 is 1.56. The fraction of sp³-hybridized carbons (Fsp3) is 0.467. The highest BCUT2D eigenvalue weighted by molar-refractivity contribution is 7.16. The minimum absolute atomic E-state index is 0.0818. The van der Waals surface area contributed by atoms with Crippen LogP contribution in [0.5, 0.6) is 0 Å². The van der Waals surface area contributed by atoms with Gasteiger partial charge in [-0.1, -0.05) is 0 Å². The molecular weight excluding hydrogens is 272 g/mol. The number of likely N-dealkylation sites (N-methyl/N-ethyl adjacent to an activating group) is 1. The number of amides is 1. The van der Waals surface area contributed by atoms with Crippen LogP contribution in [0.15, 0.2) is 23.7 Å². The van der Waals surface area contributed by atoms with Gasteiger partial charge in [0.25, 0.3) is 5.91 Å². The van der Waals surface area contributed by atoms with E-state index < -0.39 is 0 Å². The maximum Gasteiger partial charge on any atom is 0.253 e. The van der Waals surface area contributed by atoms with Crippen LogP contribution in [0.1, 0.15) is 30.1 Å². The van der Waals surface area contributed by atoms with Crippen LogP contribution in [-0.4, -0.2) is 41.6 Å². The van der Waals surface area contributed by atoms with E-state index in [-0.39, 0.29) is 12.0 Å². The third kappa shape index (κ3) is 2.69. The van der Waals surface area contributed by atoms with Gasteiger partial charge in [-0.2, -0.15) is 0 Å². The number of ether oxygens (including phenoxy) is 1. The van der Waals surface area contributed by atoms with Crippen LogP contribution < -0.4 is 0 Å². The van der Waals surface area contributed by atoms with E-state index in [0.717, 1.165) is 35.2 Å². The molecule has 0 unspecified atom stereocenters. The van der Waals surface area contributed by atoms with Gasteiger partial charge in [0.05, 0.1) is 21.8 Å². The van der Waals surface area contributed by atoms with Crippen LogP contribution in [0, 0.1) is 0 Å². The molecule has 1 saturated heterocycles. The van der Waals surface area contributed by atoms with Gasteiger partial charge >= 0.3 is 0 Å². The Balaban J connectivity index is 1.77. The zero-order valence-corrected chi connectivity index (χ0v) is 12.4. The van der Waals surface area contributed by atoms with Crippen LogP contribution in [0.25, 0.3) is 10.2 Å². The predicted octanol–water partition coefficient (Wildman–Crippen LogP) is 2.94. The molecule has 0 aliphatic carbocycles. The van der Waals surface area contributed by atoms with Crippen molar-refractivity contribution < 1.29 is 9.53 Å². The first kappa shape index (κ1) is 13.5. The third-order valence-electron chi connectivity index (χ3n) is 3.70. The average Bonchev–Trinajstić information content (AvgIpc) is 3.14. The van der Waals surface area contributed by atoms with Crippen LogP contribution in [0.3, 0.4) is 0 Å². The highest BCUT2D eigenvalue weighted by Crippen LogP contribution is 2.21. The summed E-state index contributed by atoms with van der Waals surface area (Å²) in [4.78, 5) is 18.7. The average molecular weight is 290 g/mol. The molecule has 1 atom stereocenters. The Hall–Kier alpha value is -1.46. The standard InChI is InChI=1S/C15H18N2O2S/c1-2-17(9-12-4-3-7-19-12)15(18)11-5-6-13-14(8-11)20-10-16-13/h5-6,8,10,12H,2-4,7,9H2,1H3/t12-/m1/s1. The normalized spacial score (nSPS) is 18.6. The highest BCUT2D eigenvalue weighted by atomic mass is 32.1. The van der Waals surface area contributed by atoms with Crippen molar-refractivity contribution in [3.8, 4) is 0 Å². The van der Waals surface area contributed by atoms with Gasteiger partial charge in [0.1, 0.15) is 0 Å². The summed E-state index contributed by atoms with van der Waals surface area (Å²) < 4.78 is 6.69. The molecule has 5 heteroatoms. The summed E-state index contributed by atoms with van der Waals surface area (Å²) in [5.74, 6) is 0.0818. The lowest BCUT2D eigenvalue weighted by atomic mass is 10.1. The van der Waals surface area contributed by atoms with Crippen LogP contribution in [0.4, 0.5) is 0 Å². The number of benzene rings is 1. The maximum atomic E-state index is 12.6. The molecule has 1 aliphatic rings. The molecular formula is C15H18N2O2S. The second-order valence-electron chi connectivity index (χ2n) is 5.01. The first-order valence-corrected chi connectivity index (χ1v) is 7.90. The number of rotatable bonds is 4. The van der Waals surface area contributed by atoms with Crippen LogP contribution in [0.2, 0.25) is 0 Å². The Kier molecular flexibility index (Phi) is 3.98. The molecule has 0 bridgehead atoms. The fourth-order valence-corrected chi connectivity index (χ4v) is 3.28. The quantitative estimate of drug-likeness (QED) is 0.869. The van der Waals surface area contributed by atoms with Gasteiger partial charge in [-0.25, -0.2) is 4.98 Å². The summed E-state index contributed by atoms with van der Waals surface area (Å²) in [5.41, 5.74) is 3.50. The fourth-order valence-electron chi connectivity index (χ4n) is 2.56. The molecule has 20 heavy (non-hydrogen) atoms. The number of hydrogen-bond acceptors (Lipinski definition) is 4. The van der Waals surface area contributed by atoms with E-state index in [0.29, 0.717) is 13.1 Å². The Labute approximate surface area is 122 Å². The van der Waals surface area contributed by atoms with Crippen LogP contribution >= 0.6 is 11.3 Å². The lowest BCUT2D eigenvalue weighted by molar-refractivity contribution is 0.0539. The zero-order valence-electron chi connectivity index (χ0n) is 11.5. The minimum Gasteiger partial charge on any atom is -0.376 e. The first-order valence-electron chi connectivity index (χ1n) is 7.02. The zero-order chi connectivity index (χ0) is 13.9. The molecule has 3 rings (SSSR count). The van der Waals surface area contributed by atoms with E-state index in [1.165, 1.54) is 0 Å². The van der Waals surface area contributed by atoms with E-state index >= 15 is 0 Å². The van der Waals surface area contributed by atoms with E-state index in [9.17, 15) is 4.79 Å². The molecule has 1 aromatic heterocycles. The number of aromatic nitrogens is 1. The largest absolute Gasteiger partial charge is 0.376 e. The predicted molar refractivity (Wildman–Crippen MR) is 80.2 cm³/mol. The molecule has 106 valence electrons. The molecule has 1 fully saturated rings. The van der Waals surface area contributed by atoms with Crippen molar-refractivity contribution in [2.75, 3.05) is 19.7 Å². The number of carbonyl (C=O) groups is 1. The van der Waals surface area contributed by atoms with Gasteiger partial charge in [-0.15, -0.1) is 11.3 Å². The van der Waals surface area contributed by atoms with E-state index in [1.807, 2.05) is 35.5 Å². The van der Waals surface area contributed by atoms with Crippen molar-refractivity contribution >= 4 is 27.5 Å². The van der Waals surface area contributed by atoms with Gasteiger partial charge in [0.15, 0.2) is 0 Å². The second-order valence-corrected chi connectivity index (χ2v) is 5.90. The minimum atomic E-state index is 0.0818. The molecule has 2 heterocycles. The number of fused-ring (bicyclic) bond motifs is 1. The molecule has 1 amide bonds. The molecule has 0 radical (unpaired) electrons. The van der Waals surface area contributed by atoms with E-state index in [1.54, 1.807) is 11.3 Å². The topological polar surface area (TPSA) is 42.4 Å². The van der Waals surface area contributed by atoms with Gasteiger partial charge in [-0.05, 0) is 38.0 Å². The Morgan fingerprint density at radius 1 is 1.55 bits per heavy atom. The lowest BCUT2D eigenvalue weighted by Gasteiger charge is -2.24. The summed E-state index contributed by atoms with van der Waals surface area (Å²) in [6.07, 6.45) is 2.35. The molecule has 0 spiro atoms. The number of nitrogens with zero attached hydrogens (tertiary/aromatic N) is 2. The van der Waals surface area contributed by atoms with Gasteiger partial charge in [0, 0.05) is 25.3 Å². The monoisotopic (exact) mass is 290 g/mol. The third-order valence-corrected chi connectivity index (χ3v) is 4.49. The van der Waals surface area contributed by atoms with Gasteiger partial charge < -0.3 is 9.64 Å². The van der Waals surface area contributed by atoms with E-state index in [4.69, 9.17) is 4.74 Å². The van der Waals surface area contributed by atoms with Crippen molar-refractivity contribution in [3.63, 3.8) is 0 Å². The summed E-state index contributed by atoms with van der Waals surface area (Å²) in [7, 11) is 0. The Bertz CT molecular complexity index is 605. The second kappa shape index (κ2) is 5.89. The molecule has 0 N–H and O–H groups in total. The molecule has 0 saturated carbocycles. The highest BCUT2D eigenvalue weighted by Gasteiger charge is 2.22. The summed E-state index contributed by atoms with van der Waals surface area (Å²) in [5, 5.41) is 0. The van der Waals surface area contributed by atoms with Gasteiger partial charge in [0.2, 0.25) is 0 Å². The molecule has 1 aromatic carbocycles. The van der Waals surface area contributed by atoms with Crippen LogP contribution in [-0.2, 0) is 4.74 Å². The van der Waals surface area contributed by atoms with Crippen molar-refractivity contribution in [2.24, 2.45) is 0 Å². The van der Waals surface area contributed by atoms with Crippen molar-refractivity contribution in [3.05, 3.63) is 29.3 Å². The maximum absolute atomic E-state index is 12.6. The SMILES string of the molecule is CCN(C[C@H]1CCCO1)C(=O)c1ccc2ncsc2c1. The Morgan fingerprint density at radius 3 is 3.20 bits per heavy atom. The van der Waals surface area contributed by atoms with Gasteiger partial charge in [-0.3, -0.25) is 4.79 Å². The van der Waals surface area contributed by atoms with E-state index in [2.05, 4.69) is 4.98 Å². The number of thiazole rings is 1. The van der Waals surface area contributed by atoms with Crippen molar-refractivity contribution in [2.45, 2.75) is 25.9 Å². The molecule has 4 nitrogen and oxygen atoms in total. The number of hydrogen-bond donors (Lipinski definition) is 0. The lowest BCUT2D eigenvalue weighted by Crippen LogP contribution is -2.37. The van der Waals surface area contributed by atoms with Crippen molar-refractivity contribution in [1.29, 1.82) is 0 Å². The first-order chi connectivity index (χ1) is 9.78.